The molecule has 0 saturated carbocycles. The van der Waals surface area contributed by atoms with Crippen LogP contribution in [0.5, 0.6) is 0 Å². The third-order valence-electron chi connectivity index (χ3n) is 4.62. The molecule has 6 nitrogen and oxygen atoms in total. The summed E-state index contributed by atoms with van der Waals surface area (Å²) in [5, 5.41) is 19.5. The number of nitriles is 2. The van der Waals surface area contributed by atoms with Gasteiger partial charge in [-0.25, -0.2) is 4.98 Å². The molecule has 2 aromatic heterocycles. The lowest BCUT2D eigenvalue weighted by Gasteiger charge is -2.11. The molecular weight excluding hydrogens is 396 g/mol. The van der Waals surface area contributed by atoms with Gasteiger partial charge in [0.15, 0.2) is 5.78 Å². The number of benzene rings is 1. The number of pyridine rings is 1. The Hall–Kier alpha value is -3.55. The molecular formula is C23H20N4O2S. The van der Waals surface area contributed by atoms with Gasteiger partial charge in [-0.15, -0.1) is 0 Å². The lowest BCUT2D eigenvalue weighted by atomic mass is 10.0. The predicted octanol–water partition coefficient (Wildman–Crippen LogP) is 4.98. The predicted molar refractivity (Wildman–Crippen MR) is 116 cm³/mol. The Bertz CT molecular complexity index is 1120. The summed E-state index contributed by atoms with van der Waals surface area (Å²) in [5.41, 5.74) is 8.32. The molecule has 30 heavy (non-hydrogen) atoms. The second-order valence-corrected chi connectivity index (χ2v) is 7.60. The molecule has 3 aromatic rings. The molecule has 0 spiro atoms. The summed E-state index contributed by atoms with van der Waals surface area (Å²) in [4.78, 5) is 16.8. The number of unbranched alkanes of at least 4 members (excludes halogenated alkanes) is 1. The van der Waals surface area contributed by atoms with E-state index in [2.05, 4.69) is 18.0 Å². The van der Waals surface area contributed by atoms with Crippen LogP contribution in [-0.4, -0.2) is 16.5 Å². The van der Waals surface area contributed by atoms with Crippen molar-refractivity contribution in [2.45, 2.75) is 31.2 Å². The van der Waals surface area contributed by atoms with Crippen LogP contribution in [0.3, 0.4) is 0 Å². The van der Waals surface area contributed by atoms with E-state index in [1.165, 1.54) is 11.8 Å². The number of carbonyl (C=O) groups is 1. The second-order valence-electron chi connectivity index (χ2n) is 6.64. The van der Waals surface area contributed by atoms with Crippen molar-refractivity contribution in [3.63, 3.8) is 0 Å². The first kappa shape index (κ1) is 21.2. The summed E-state index contributed by atoms with van der Waals surface area (Å²) in [6.07, 6.45) is 4.69. The molecule has 0 amide bonds. The SMILES string of the molecule is CCCCc1ccc(C(=O)CSc2nc(N)c(C#N)c(-c3ccco3)c2C#N)cc1. The maximum atomic E-state index is 12.6. The van der Waals surface area contributed by atoms with Crippen LogP contribution in [0.2, 0.25) is 0 Å². The first-order valence-corrected chi connectivity index (χ1v) is 10.5. The molecule has 1 aromatic carbocycles. The van der Waals surface area contributed by atoms with Gasteiger partial charge in [-0.1, -0.05) is 49.4 Å². The third-order valence-corrected chi connectivity index (χ3v) is 5.59. The monoisotopic (exact) mass is 416 g/mol. The standard InChI is InChI=1S/C23H20N4O2S/c1-2-3-5-15-7-9-16(10-8-15)19(28)14-30-23-18(13-25)21(20-6-4-11-29-20)17(12-24)22(26)27-23/h4,6-11H,2-3,5,14H2,1H3,(H2,26,27). The van der Waals surface area contributed by atoms with E-state index in [9.17, 15) is 15.3 Å². The van der Waals surface area contributed by atoms with Gasteiger partial charge >= 0.3 is 0 Å². The number of aryl methyl sites for hydroxylation is 1. The van der Waals surface area contributed by atoms with Crippen LogP contribution in [0.4, 0.5) is 5.82 Å². The fourth-order valence-electron chi connectivity index (χ4n) is 3.03. The maximum absolute atomic E-state index is 12.6. The lowest BCUT2D eigenvalue weighted by Crippen LogP contribution is -2.06. The van der Waals surface area contributed by atoms with Gasteiger partial charge < -0.3 is 10.2 Å². The van der Waals surface area contributed by atoms with Crippen LogP contribution < -0.4 is 5.73 Å². The van der Waals surface area contributed by atoms with Crippen LogP contribution >= 0.6 is 11.8 Å². The number of Topliss-reactive ketones (excluding diaryl/α,β-unsaturated/α-hetero) is 1. The molecule has 0 radical (unpaired) electrons. The van der Waals surface area contributed by atoms with E-state index in [0.717, 1.165) is 31.0 Å². The van der Waals surface area contributed by atoms with Gasteiger partial charge in [-0.2, -0.15) is 10.5 Å². The van der Waals surface area contributed by atoms with Crippen LogP contribution in [0.15, 0.2) is 52.1 Å². The number of thioether (sulfide) groups is 1. The Morgan fingerprint density at radius 3 is 2.50 bits per heavy atom. The van der Waals surface area contributed by atoms with Gasteiger partial charge in [0.05, 0.1) is 23.1 Å². The summed E-state index contributed by atoms with van der Waals surface area (Å²) in [5.74, 6) is 0.375. The van der Waals surface area contributed by atoms with Crippen molar-refractivity contribution >= 4 is 23.4 Å². The molecule has 0 aliphatic heterocycles. The molecule has 0 bridgehead atoms. The average Bonchev–Trinajstić information content (AvgIpc) is 3.30. The molecule has 0 aliphatic carbocycles. The zero-order chi connectivity index (χ0) is 21.5. The van der Waals surface area contributed by atoms with Crippen LogP contribution in [0.25, 0.3) is 11.3 Å². The van der Waals surface area contributed by atoms with Gasteiger partial charge in [-0.3, -0.25) is 4.79 Å². The van der Waals surface area contributed by atoms with E-state index in [1.54, 1.807) is 12.1 Å². The number of nitrogen functional groups attached to an aromatic ring is 1. The minimum atomic E-state index is -0.0739. The third kappa shape index (κ3) is 4.53. The van der Waals surface area contributed by atoms with E-state index < -0.39 is 0 Å². The van der Waals surface area contributed by atoms with E-state index >= 15 is 0 Å². The van der Waals surface area contributed by atoms with Crippen LogP contribution in [0.1, 0.15) is 46.8 Å². The highest BCUT2D eigenvalue weighted by atomic mass is 32.2. The normalized spacial score (nSPS) is 10.4. The Balaban J connectivity index is 1.84. The second kappa shape index (κ2) is 9.78. The molecule has 7 heteroatoms. The average molecular weight is 417 g/mol. The largest absolute Gasteiger partial charge is 0.464 e. The van der Waals surface area contributed by atoms with Crippen molar-refractivity contribution in [2.24, 2.45) is 0 Å². The first-order valence-electron chi connectivity index (χ1n) is 9.51. The number of rotatable bonds is 8. The topological polar surface area (TPSA) is 117 Å². The van der Waals surface area contributed by atoms with Crippen LogP contribution in [0, 0.1) is 22.7 Å². The minimum Gasteiger partial charge on any atom is -0.464 e. The summed E-state index contributed by atoms with van der Waals surface area (Å²) in [6.45, 7) is 2.14. The van der Waals surface area contributed by atoms with E-state index in [4.69, 9.17) is 10.2 Å². The molecule has 0 unspecified atom stereocenters. The molecule has 0 fully saturated rings. The fraction of sp³-hybridized carbons (Fsp3) is 0.217. The molecule has 2 heterocycles. The van der Waals surface area contributed by atoms with Gasteiger partial charge in [-0.05, 0) is 30.5 Å². The number of nitrogens with two attached hydrogens (primary N) is 1. The summed E-state index contributed by atoms with van der Waals surface area (Å²) < 4.78 is 5.39. The number of hydrogen-bond acceptors (Lipinski definition) is 7. The molecule has 0 atom stereocenters. The highest BCUT2D eigenvalue weighted by Crippen LogP contribution is 2.35. The zero-order valence-electron chi connectivity index (χ0n) is 16.5. The van der Waals surface area contributed by atoms with Crippen molar-refractivity contribution in [1.29, 1.82) is 10.5 Å². The Labute approximate surface area is 179 Å². The first-order chi connectivity index (χ1) is 14.6. The molecule has 0 saturated heterocycles. The number of nitrogens with zero attached hydrogens (tertiary/aromatic N) is 3. The van der Waals surface area contributed by atoms with E-state index in [1.807, 2.05) is 30.3 Å². The molecule has 2 N–H and O–H groups in total. The van der Waals surface area contributed by atoms with Gasteiger partial charge in [0, 0.05) is 5.56 Å². The van der Waals surface area contributed by atoms with Gasteiger partial charge in [0.1, 0.15) is 34.3 Å². The molecule has 3 rings (SSSR count). The summed E-state index contributed by atoms with van der Waals surface area (Å²) in [7, 11) is 0. The van der Waals surface area contributed by atoms with Crippen molar-refractivity contribution < 1.29 is 9.21 Å². The Morgan fingerprint density at radius 1 is 1.17 bits per heavy atom. The van der Waals surface area contributed by atoms with Crippen molar-refractivity contribution in [3.05, 3.63) is 64.9 Å². The zero-order valence-corrected chi connectivity index (χ0v) is 17.3. The quantitative estimate of drug-likeness (QED) is 0.406. The van der Waals surface area contributed by atoms with Crippen molar-refractivity contribution in [1.82, 2.24) is 4.98 Å². The van der Waals surface area contributed by atoms with E-state index in [-0.39, 0.29) is 28.5 Å². The number of hydrogen-bond donors (Lipinski definition) is 1. The fourth-order valence-corrected chi connectivity index (χ4v) is 3.91. The van der Waals surface area contributed by atoms with Gasteiger partial charge in [0.2, 0.25) is 0 Å². The number of anilines is 1. The summed E-state index contributed by atoms with van der Waals surface area (Å²) >= 11 is 1.12. The number of carbonyl (C=O) groups excluding carboxylic acids is 1. The van der Waals surface area contributed by atoms with Crippen molar-refractivity contribution in [2.75, 3.05) is 11.5 Å². The molecule has 0 aliphatic rings. The maximum Gasteiger partial charge on any atom is 0.173 e. The lowest BCUT2D eigenvalue weighted by molar-refractivity contribution is 0.102. The minimum absolute atomic E-state index is 0.00174. The van der Waals surface area contributed by atoms with Gasteiger partial charge in [0.25, 0.3) is 0 Å². The van der Waals surface area contributed by atoms with Crippen LogP contribution in [-0.2, 0) is 6.42 Å². The Morgan fingerprint density at radius 2 is 1.90 bits per heavy atom. The highest BCUT2D eigenvalue weighted by molar-refractivity contribution is 8.00. The Kier molecular flexibility index (Phi) is 6.90. The smallest absolute Gasteiger partial charge is 0.173 e. The number of furan rings is 1. The number of ketones is 1. The molecule has 150 valence electrons. The number of aromatic nitrogens is 1. The summed E-state index contributed by atoms with van der Waals surface area (Å²) in [6, 6.07) is 15.0. The van der Waals surface area contributed by atoms with Crippen molar-refractivity contribution in [3.8, 4) is 23.5 Å². The van der Waals surface area contributed by atoms with E-state index in [0.29, 0.717) is 21.9 Å². The highest BCUT2D eigenvalue weighted by Gasteiger charge is 2.22.